The number of benzene rings is 1. The van der Waals surface area contributed by atoms with Crippen LogP contribution in [0.2, 0.25) is 0 Å². The van der Waals surface area contributed by atoms with Crippen LogP contribution < -0.4 is 5.30 Å². The Labute approximate surface area is 180 Å². The topological polar surface area (TPSA) is 35.5 Å². The van der Waals surface area contributed by atoms with E-state index in [1.54, 1.807) is 0 Å². The van der Waals surface area contributed by atoms with Crippen LogP contribution >= 0.6 is 7.60 Å². The van der Waals surface area contributed by atoms with Crippen LogP contribution in [0.5, 0.6) is 0 Å². The summed E-state index contributed by atoms with van der Waals surface area (Å²) in [6, 6.07) is 9.45. The van der Waals surface area contributed by atoms with Crippen molar-refractivity contribution in [2.45, 2.75) is 110 Å². The van der Waals surface area contributed by atoms with Crippen molar-refractivity contribution in [2.24, 2.45) is 0 Å². The summed E-state index contributed by atoms with van der Waals surface area (Å²) >= 11 is 0. The highest BCUT2D eigenvalue weighted by Gasteiger charge is 2.27. The summed E-state index contributed by atoms with van der Waals surface area (Å²) in [6.45, 7) is 5.49. The second-order valence-electron chi connectivity index (χ2n) is 8.10. The van der Waals surface area contributed by atoms with Gasteiger partial charge in [0, 0.05) is 0 Å². The number of hydrogen-bond acceptors (Lipinski definition) is 3. The van der Waals surface area contributed by atoms with Crippen LogP contribution in [-0.2, 0) is 13.6 Å². The minimum absolute atomic E-state index is 0.508. The smallest absolute Gasteiger partial charge is 0.305 e. The lowest BCUT2D eigenvalue weighted by atomic mass is 10.1. The van der Waals surface area contributed by atoms with Crippen molar-refractivity contribution in [3.63, 3.8) is 0 Å². The Morgan fingerprint density at radius 1 is 0.586 bits per heavy atom. The molecule has 1 unspecified atom stereocenters. The molecule has 0 saturated heterocycles. The number of rotatable bonds is 20. The minimum atomic E-state index is -3.20. The third-order valence-corrected chi connectivity index (χ3v) is 7.32. The van der Waals surface area contributed by atoms with Crippen molar-refractivity contribution in [2.75, 3.05) is 13.2 Å². The van der Waals surface area contributed by atoms with Crippen LogP contribution in [0.15, 0.2) is 30.3 Å². The van der Waals surface area contributed by atoms with E-state index in [-0.39, 0.29) is 0 Å². The molecule has 3 nitrogen and oxygen atoms in total. The van der Waals surface area contributed by atoms with Gasteiger partial charge in [0.15, 0.2) is 0 Å². The normalized spacial score (nSPS) is 13.4. The highest BCUT2D eigenvalue weighted by molar-refractivity contribution is 7.62. The third-order valence-electron chi connectivity index (χ3n) is 5.34. The highest BCUT2D eigenvalue weighted by Crippen LogP contribution is 2.47. The van der Waals surface area contributed by atoms with Gasteiger partial charge < -0.3 is 9.05 Å². The first-order valence-electron chi connectivity index (χ1n) is 12.2. The lowest BCUT2D eigenvalue weighted by Gasteiger charge is -2.19. The van der Waals surface area contributed by atoms with E-state index in [0.29, 0.717) is 18.5 Å². The average molecular weight is 425 g/mol. The lowest BCUT2D eigenvalue weighted by molar-refractivity contribution is 0.206. The Morgan fingerprint density at radius 2 is 0.966 bits per heavy atom. The molecule has 0 aliphatic carbocycles. The minimum Gasteiger partial charge on any atom is -0.305 e. The Balaban J connectivity index is 2.24. The zero-order valence-corrected chi connectivity index (χ0v) is 20.0. The predicted octanol–water partition coefficient (Wildman–Crippen LogP) is 8.43. The molecule has 29 heavy (non-hydrogen) atoms. The first-order chi connectivity index (χ1) is 14.2. The predicted molar refractivity (Wildman–Crippen MR) is 126 cm³/mol. The molecule has 0 radical (unpaired) electrons. The monoisotopic (exact) mass is 424 g/mol. The Kier molecular flexibility index (Phi) is 16.5. The molecule has 0 N–H and O–H groups in total. The molecule has 0 aliphatic rings. The van der Waals surface area contributed by atoms with E-state index in [1.165, 1.54) is 70.6 Å². The van der Waals surface area contributed by atoms with Crippen molar-refractivity contribution in [1.29, 1.82) is 0 Å². The fourth-order valence-corrected chi connectivity index (χ4v) is 5.11. The van der Waals surface area contributed by atoms with Crippen LogP contribution in [-0.4, -0.2) is 13.2 Å². The molecule has 0 aromatic heterocycles. The van der Waals surface area contributed by atoms with Gasteiger partial charge in [0.1, 0.15) is 0 Å². The van der Waals surface area contributed by atoms with Crippen molar-refractivity contribution in [3.05, 3.63) is 30.3 Å². The lowest BCUT2D eigenvalue weighted by Crippen LogP contribution is -2.11. The SMILES string of the molecule is CCCCCCCCCCCCOP(=O)(OCCCCCCC)c1ccccc1. The van der Waals surface area contributed by atoms with Gasteiger partial charge in [0.25, 0.3) is 0 Å². The van der Waals surface area contributed by atoms with Crippen molar-refractivity contribution in [1.82, 2.24) is 0 Å². The second-order valence-corrected chi connectivity index (χ2v) is 10.1. The summed E-state index contributed by atoms with van der Waals surface area (Å²) in [4.78, 5) is 0. The van der Waals surface area contributed by atoms with Crippen molar-refractivity contribution in [3.8, 4) is 0 Å². The van der Waals surface area contributed by atoms with E-state index < -0.39 is 7.60 Å². The van der Waals surface area contributed by atoms with Crippen LogP contribution in [0, 0.1) is 0 Å². The Bertz CT molecular complexity index is 518. The molecule has 1 atom stereocenters. The maximum Gasteiger partial charge on any atom is 0.361 e. The molecule has 1 aromatic carbocycles. The molecule has 0 aliphatic heterocycles. The first-order valence-corrected chi connectivity index (χ1v) is 13.7. The van der Waals surface area contributed by atoms with Gasteiger partial charge in [-0.1, -0.05) is 116 Å². The van der Waals surface area contributed by atoms with Crippen LogP contribution in [0.3, 0.4) is 0 Å². The summed E-state index contributed by atoms with van der Waals surface area (Å²) in [5.74, 6) is 0. The molecule has 0 spiro atoms. The van der Waals surface area contributed by atoms with E-state index in [9.17, 15) is 4.57 Å². The van der Waals surface area contributed by atoms with Gasteiger partial charge in [0.05, 0.1) is 18.5 Å². The summed E-state index contributed by atoms with van der Waals surface area (Å²) in [5.41, 5.74) is 0. The summed E-state index contributed by atoms with van der Waals surface area (Å²) in [6.07, 6.45) is 18.6. The van der Waals surface area contributed by atoms with Crippen LogP contribution in [0.4, 0.5) is 0 Å². The molecule has 0 heterocycles. The van der Waals surface area contributed by atoms with E-state index >= 15 is 0 Å². The van der Waals surface area contributed by atoms with Gasteiger partial charge in [-0.15, -0.1) is 0 Å². The van der Waals surface area contributed by atoms with Gasteiger partial charge in [0.2, 0.25) is 0 Å². The summed E-state index contributed by atoms with van der Waals surface area (Å²) < 4.78 is 25.0. The molecule has 0 amide bonds. The van der Waals surface area contributed by atoms with E-state index in [2.05, 4.69) is 13.8 Å². The third kappa shape index (κ3) is 13.3. The van der Waals surface area contributed by atoms with Crippen LogP contribution in [0.1, 0.15) is 110 Å². The Morgan fingerprint density at radius 3 is 1.38 bits per heavy atom. The zero-order chi connectivity index (χ0) is 21.0. The van der Waals surface area contributed by atoms with E-state index in [1.807, 2.05) is 30.3 Å². The molecule has 1 aromatic rings. The molecule has 0 saturated carbocycles. The molecule has 1 rings (SSSR count). The maximum atomic E-state index is 13.3. The van der Waals surface area contributed by atoms with E-state index in [0.717, 1.165) is 25.7 Å². The first kappa shape index (κ1) is 26.4. The van der Waals surface area contributed by atoms with Gasteiger partial charge >= 0.3 is 7.60 Å². The van der Waals surface area contributed by atoms with Crippen molar-refractivity contribution < 1.29 is 13.6 Å². The maximum absolute atomic E-state index is 13.3. The zero-order valence-electron chi connectivity index (χ0n) is 19.1. The van der Waals surface area contributed by atoms with E-state index in [4.69, 9.17) is 9.05 Å². The van der Waals surface area contributed by atoms with Gasteiger partial charge in [-0.3, -0.25) is 4.57 Å². The van der Waals surface area contributed by atoms with Crippen molar-refractivity contribution >= 4 is 12.9 Å². The largest absolute Gasteiger partial charge is 0.361 e. The summed E-state index contributed by atoms with van der Waals surface area (Å²) in [7, 11) is -3.20. The molecule has 0 fully saturated rings. The quantitative estimate of drug-likeness (QED) is 0.156. The second kappa shape index (κ2) is 18.2. The molecule has 168 valence electrons. The summed E-state index contributed by atoms with van der Waals surface area (Å²) in [5, 5.41) is 0.681. The molecule has 4 heteroatoms. The molecular weight excluding hydrogens is 379 g/mol. The van der Waals surface area contributed by atoms with Gasteiger partial charge in [-0.05, 0) is 25.0 Å². The van der Waals surface area contributed by atoms with Crippen LogP contribution in [0.25, 0.3) is 0 Å². The fraction of sp³-hybridized carbons (Fsp3) is 0.760. The number of unbranched alkanes of at least 4 members (excludes halogenated alkanes) is 13. The van der Waals surface area contributed by atoms with Gasteiger partial charge in [-0.25, -0.2) is 0 Å². The molecular formula is C25H45O3P. The highest BCUT2D eigenvalue weighted by atomic mass is 31.2. The number of hydrogen-bond donors (Lipinski definition) is 0. The Hall–Kier alpha value is -0.630. The molecule has 0 bridgehead atoms. The standard InChI is InChI=1S/C25H45O3P/c1-3-5-7-9-10-11-12-13-15-20-24-28-29(26,25-21-17-16-18-22-25)27-23-19-14-8-6-4-2/h16-18,21-22H,3-15,19-20,23-24H2,1-2H3. The average Bonchev–Trinajstić information content (AvgIpc) is 2.75. The fourth-order valence-electron chi connectivity index (χ4n) is 3.46. The van der Waals surface area contributed by atoms with Gasteiger partial charge in [-0.2, -0.15) is 0 Å².